The van der Waals surface area contributed by atoms with Crippen molar-refractivity contribution in [2.24, 2.45) is 5.92 Å². The lowest BCUT2D eigenvalue weighted by molar-refractivity contribution is 0.138. The molecule has 2 N–H and O–H groups in total. The lowest BCUT2D eigenvalue weighted by atomic mass is 10.1. The first-order valence-corrected chi connectivity index (χ1v) is 6.58. The number of anilines is 1. The second kappa shape index (κ2) is 7.52. The van der Waals surface area contributed by atoms with Crippen LogP contribution < -0.4 is 5.73 Å². The molecular weight excluding hydrogens is 220 g/mol. The van der Waals surface area contributed by atoms with Crippen molar-refractivity contribution in [3.63, 3.8) is 0 Å². The summed E-state index contributed by atoms with van der Waals surface area (Å²) in [6, 6.07) is 1.94. The Morgan fingerprint density at radius 1 is 1.44 bits per heavy atom. The van der Waals surface area contributed by atoms with Crippen LogP contribution in [0.1, 0.15) is 20.3 Å². The highest BCUT2D eigenvalue weighted by atomic mass is 32.2. The Bertz CT molecular complexity index is 305. The molecular formula is C12H20N2OS. The largest absolute Gasteiger partial charge is 0.397 e. The molecule has 1 heterocycles. The molecule has 1 aromatic heterocycles. The maximum atomic E-state index is 5.78. The van der Waals surface area contributed by atoms with Crippen LogP contribution in [0.25, 0.3) is 0 Å². The Morgan fingerprint density at radius 3 is 2.94 bits per heavy atom. The molecule has 0 aliphatic carbocycles. The third kappa shape index (κ3) is 5.37. The highest BCUT2D eigenvalue weighted by Gasteiger charge is 1.99. The van der Waals surface area contributed by atoms with Gasteiger partial charge in [-0.1, -0.05) is 13.8 Å². The second-order valence-corrected chi connectivity index (χ2v) is 5.19. The van der Waals surface area contributed by atoms with Gasteiger partial charge in [0.15, 0.2) is 0 Å². The van der Waals surface area contributed by atoms with Gasteiger partial charge in [-0.3, -0.25) is 4.98 Å². The van der Waals surface area contributed by atoms with E-state index in [4.69, 9.17) is 10.5 Å². The number of pyridine rings is 1. The van der Waals surface area contributed by atoms with Crippen LogP contribution in [0.2, 0.25) is 0 Å². The maximum Gasteiger partial charge on any atom is 0.0638 e. The third-order valence-electron chi connectivity index (χ3n) is 2.13. The van der Waals surface area contributed by atoms with Crippen LogP contribution in [0.4, 0.5) is 5.69 Å². The van der Waals surface area contributed by atoms with Crippen LogP contribution in [-0.2, 0) is 4.74 Å². The molecule has 0 aliphatic heterocycles. The van der Waals surface area contributed by atoms with Crippen molar-refractivity contribution in [3.8, 4) is 0 Å². The molecule has 1 rings (SSSR count). The third-order valence-corrected chi connectivity index (χ3v) is 3.19. The number of nitrogens with two attached hydrogens (primary N) is 1. The van der Waals surface area contributed by atoms with Gasteiger partial charge in [0.05, 0.1) is 18.5 Å². The van der Waals surface area contributed by atoms with Crippen molar-refractivity contribution < 1.29 is 4.74 Å². The number of hydrogen-bond donors (Lipinski definition) is 1. The van der Waals surface area contributed by atoms with Crippen molar-refractivity contribution in [1.29, 1.82) is 0 Å². The molecule has 0 atom stereocenters. The van der Waals surface area contributed by atoms with Crippen molar-refractivity contribution in [3.05, 3.63) is 18.5 Å². The fourth-order valence-corrected chi connectivity index (χ4v) is 1.95. The average molecular weight is 240 g/mol. The summed E-state index contributed by atoms with van der Waals surface area (Å²) in [5.41, 5.74) is 6.52. The van der Waals surface area contributed by atoms with E-state index >= 15 is 0 Å². The van der Waals surface area contributed by atoms with Gasteiger partial charge in [0, 0.05) is 23.5 Å². The normalized spacial score (nSPS) is 10.9. The first-order valence-electron chi connectivity index (χ1n) is 5.60. The van der Waals surface area contributed by atoms with Crippen molar-refractivity contribution in [2.75, 3.05) is 24.7 Å². The molecule has 3 nitrogen and oxygen atoms in total. The molecule has 1 aromatic rings. The van der Waals surface area contributed by atoms with Crippen molar-refractivity contribution >= 4 is 17.4 Å². The predicted molar refractivity (Wildman–Crippen MR) is 69.6 cm³/mol. The quantitative estimate of drug-likeness (QED) is 0.588. The molecule has 0 spiro atoms. The van der Waals surface area contributed by atoms with Crippen LogP contribution in [-0.4, -0.2) is 24.0 Å². The van der Waals surface area contributed by atoms with Crippen molar-refractivity contribution in [2.45, 2.75) is 25.2 Å². The van der Waals surface area contributed by atoms with Gasteiger partial charge in [0.1, 0.15) is 0 Å². The van der Waals surface area contributed by atoms with Gasteiger partial charge in [-0.25, -0.2) is 0 Å². The number of nitrogen functional groups attached to an aromatic ring is 1. The van der Waals surface area contributed by atoms with E-state index in [1.807, 2.05) is 6.07 Å². The fourth-order valence-electron chi connectivity index (χ4n) is 1.16. The van der Waals surface area contributed by atoms with Gasteiger partial charge < -0.3 is 10.5 Å². The highest BCUT2D eigenvalue weighted by Crippen LogP contribution is 2.22. The summed E-state index contributed by atoms with van der Waals surface area (Å²) in [5.74, 6) is 1.65. The zero-order valence-corrected chi connectivity index (χ0v) is 10.8. The molecule has 0 unspecified atom stereocenters. The van der Waals surface area contributed by atoms with E-state index in [1.165, 1.54) is 0 Å². The number of aromatic nitrogens is 1. The first-order chi connectivity index (χ1) is 7.70. The van der Waals surface area contributed by atoms with E-state index in [2.05, 4.69) is 18.8 Å². The monoisotopic (exact) mass is 240 g/mol. The van der Waals surface area contributed by atoms with E-state index in [9.17, 15) is 0 Å². The van der Waals surface area contributed by atoms with Crippen LogP contribution >= 0.6 is 11.8 Å². The zero-order chi connectivity index (χ0) is 11.8. The molecule has 0 radical (unpaired) electrons. The smallest absolute Gasteiger partial charge is 0.0638 e. The summed E-state index contributed by atoms with van der Waals surface area (Å²) in [4.78, 5) is 5.04. The molecule has 0 aromatic carbocycles. The topological polar surface area (TPSA) is 48.1 Å². The summed E-state index contributed by atoms with van der Waals surface area (Å²) < 4.78 is 5.53. The molecule has 4 heteroatoms. The van der Waals surface area contributed by atoms with E-state index in [0.29, 0.717) is 5.92 Å². The van der Waals surface area contributed by atoms with Crippen LogP contribution in [0.5, 0.6) is 0 Å². The van der Waals surface area contributed by atoms with Gasteiger partial charge in [-0.2, -0.15) is 0 Å². The summed E-state index contributed by atoms with van der Waals surface area (Å²) in [7, 11) is 0. The lowest BCUT2D eigenvalue weighted by Crippen LogP contribution is -2.02. The Kier molecular flexibility index (Phi) is 6.26. The van der Waals surface area contributed by atoms with Crippen LogP contribution in [0.15, 0.2) is 23.4 Å². The molecule has 90 valence electrons. The minimum atomic E-state index is 0.712. The van der Waals surface area contributed by atoms with Crippen LogP contribution in [0, 0.1) is 5.92 Å². The van der Waals surface area contributed by atoms with Gasteiger partial charge in [-0.15, -0.1) is 11.8 Å². The van der Waals surface area contributed by atoms with Gasteiger partial charge >= 0.3 is 0 Å². The Hall–Kier alpha value is -0.740. The zero-order valence-electron chi connectivity index (χ0n) is 9.98. The summed E-state index contributed by atoms with van der Waals surface area (Å²) in [6.07, 6.45) is 4.57. The number of rotatable bonds is 7. The molecule has 0 fully saturated rings. The molecule has 0 aliphatic rings. The fraction of sp³-hybridized carbons (Fsp3) is 0.583. The molecule has 0 saturated heterocycles. The van der Waals surface area contributed by atoms with E-state index in [0.717, 1.165) is 36.0 Å². The van der Waals surface area contributed by atoms with Gasteiger partial charge in [0.25, 0.3) is 0 Å². The molecule has 0 bridgehead atoms. The Labute approximate surface area is 102 Å². The standard InChI is InChI=1S/C12H20N2OS/c1-10(2)4-6-15-7-8-16-12-3-5-14-9-11(12)13/h3,5,9-10H,4,6-8,13H2,1-2H3. The van der Waals surface area contributed by atoms with Gasteiger partial charge in [-0.05, 0) is 18.4 Å². The SMILES string of the molecule is CC(C)CCOCCSc1ccncc1N. The summed E-state index contributed by atoms with van der Waals surface area (Å²) in [5, 5.41) is 0. The Morgan fingerprint density at radius 2 is 2.25 bits per heavy atom. The number of ether oxygens (including phenoxy) is 1. The van der Waals surface area contributed by atoms with Gasteiger partial charge in [0.2, 0.25) is 0 Å². The minimum absolute atomic E-state index is 0.712. The Balaban J connectivity index is 2.10. The maximum absolute atomic E-state index is 5.78. The summed E-state index contributed by atoms with van der Waals surface area (Å²) in [6.45, 7) is 6.04. The number of hydrogen-bond acceptors (Lipinski definition) is 4. The highest BCUT2D eigenvalue weighted by molar-refractivity contribution is 7.99. The second-order valence-electron chi connectivity index (χ2n) is 4.06. The molecule has 16 heavy (non-hydrogen) atoms. The average Bonchev–Trinajstić information content (AvgIpc) is 2.25. The van der Waals surface area contributed by atoms with Crippen LogP contribution in [0.3, 0.4) is 0 Å². The lowest BCUT2D eigenvalue weighted by Gasteiger charge is -2.07. The summed E-state index contributed by atoms with van der Waals surface area (Å²) >= 11 is 1.72. The molecule has 0 amide bonds. The number of thioether (sulfide) groups is 1. The van der Waals surface area contributed by atoms with E-state index in [-0.39, 0.29) is 0 Å². The first kappa shape index (κ1) is 13.3. The predicted octanol–water partition coefficient (Wildman–Crippen LogP) is 2.82. The van der Waals surface area contributed by atoms with E-state index < -0.39 is 0 Å². The molecule has 0 saturated carbocycles. The van der Waals surface area contributed by atoms with Crippen molar-refractivity contribution in [1.82, 2.24) is 4.98 Å². The minimum Gasteiger partial charge on any atom is -0.397 e. The van der Waals surface area contributed by atoms with E-state index in [1.54, 1.807) is 24.2 Å². The number of nitrogens with zero attached hydrogens (tertiary/aromatic N) is 1.